The molecule has 0 fully saturated rings. The highest BCUT2D eigenvalue weighted by Crippen LogP contribution is 2.13. The molecular formula is C18H27NO. The fourth-order valence-corrected chi connectivity index (χ4v) is 1.98. The zero-order valence-electron chi connectivity index (χ0n) is 13.2. The third-order valence-corrected chi connectivity index (χ3v) is 3.00. The van der Waals surface area contributed by atoms with Gasteiger partial charge in [0, 0.05) is 18.4 Å². The van der Waals surface area contributed by atoms with E-state index in [0.717, 1.165) is 38.0 Å². The van der Waals surface area contributed by atoms with E-state index in [0.29, 0.717) is 5.75 Å². The molecule has 2 heteroatoms. The Morgan fingerprint density at radius 1 is 1.25 bits per heavy atom. The minimum Gasteiger partial charge on any atom is -0.508 e. The smallest absolute Gasteiger partial charge is 0.115 e. The number of phenols is 1. The van der Waals surface area contributed by atoms with Crippen LogP contribution in [0.2, 0.25) is 0 Å². The first-order valence-electron chi connectivity index (χ1n) is 7.41. The largest absolute Gasteiger partial charge is 0.508 e. The predicted octanol–water partition coefficient (Wildman–Crippen LogP) is 4.04. The molecule has 20 heavy (non-hydrogen) atoms. The first-order chi connectivity index (χ1) is 9.40. The lowest BCUT2D eigenvalue weighted by Crippen LogP contribution is -2.23. The van der Waals surface area contributed by atoms with Crippen LogP contribution in [-0.2, 0) is 6.54 Å². The summed E-state index contributed by atoms with van der Waals surface area (Å²) >= 11 is 0. The van der Waals surface area contributed by atoms with Gasteiger partial charge < -0.3 is 5.11 Å². The number of aromatic hydroxyl groups is 1. The first kappa shape index (κ1) is 16.6. The molecule has 0 heterocycles. The van der Waals surface area contributed by atoms with Crippen LogP contribution >= 0.6 is 0 Å². The Balaban J connectivity index is 2.38. The lowest BCUT2D eigenvalue weighted by Gasteiger charge is -2.20. The summed E-state index contributed by atoms with van der Waals surface area (Å²) in [5, 5.41) is 9.48. The van der Waals surface area contributed by atoms with Gasteiger partial charge in [0.05, 0.1) is 0 Å². The molecule has 0 aliphatic carbocycles. The number of hydrogen-bond donors (Lipinski definition) is 1. The van der Waals surface area contributed by atoms with Gasteiger partial charge in [0.2, 0.25) is 0 Å². The minimum absolute atomic E-state index is 0.103. The van der Waals surface area contributed by atoms with Gasteiger partial charge in [-0.15, -0.1) is 5.92 Å². The van der Waals surface area contributed by atoms with Crippen molar-refractivity contribution in [2.45, 2.75) is 47.1 Å². The van der Waals surface area contributed by atoms with Crippen molar-refractivity contribution in [1.29, 1.82) is 0 Å². The number of unbranched alkanes of at least 4 members (excludes halogenated alkanes) is 1. The Morgan fingerprint density at radius 3 is 2.60 bits per heavy atom. The number of hydrogen-bond acceptors (Lipinski definition) is 2. The van der Waals surface area contributed by atoms with Crippen LogP contribution in [0.25, 0.3) is 0 Å². The summed E-state index contributed by atoms with van der Waals surface area (Å²) in [7, 11) is 0. The molecule has 0 amide bonds. The topological polar surface area (TPSA) is 23.5 Å². The number of phenolic OH excluding ortho intramolecular Hbond substituents is 1. The van der Waals surface area contributed by atoms with E-state index in [-0.39, 0.29) is 5.41 Å². The summed E-state index contributed by atoms with van der Waals surface area (Å²) in [6.07, 6.45) is 2.05. The van der Waals surface area contributed by atoms with Crippen molar-refractivity contribution in [3.05, 3.63) is 29.8 Å². The van der Waals surface area contributed by atoms with Crippen molar-refractivity contribution in [3.8, 4) is 17.6 Å². The first-order valence-corrected chi connectivity index (χ1v) is 7.41. The van der Waals surface area contributed by atoms with Gasteiger partial charge in [-0.2, -0.15) is 0 Å². The Labute approximate surface area is 123 Å². The maximum Gasteiger partial charge on any atom is 0.115 e. The SMILES string of the molecule is CCN(CCCC#CC(C)(C)C)Cc1cccc(O)c1. The van der Waals surface area contributed by atoms with Crippen molar-refractivity contribution in [2.24, 2.45) is 5.41 Å². The normalized spacial score (nSPS) is 11.2. The molecule has 110 valence electrons. The van der Waals surface area contributed by atoms with E-state index in [2.05, 4.69) is 50.5 Å². The molecule has 1 aromatic rings. The van der Waals surface area contributed by atoms with Crippen LogP contribution in [0.1, 0.15) is 46.1 Å². The zero-order valence-corrected chi connectivity index (χ0v) is 13.2. The third kappa shape index (κ3) is 7.21. The van der Waals surface area contributed by atoms with Gasteiger partial charge in [0.25, 0.3) is 0 Å². The van der Waals surface area contributed by atoms with Crippen molar-refractivity contribution >= 4 is 0 Å². The molecule has 1 aromatic carbocycles. The summed E-state index contributed by atoms with van der Waals surface area (Å²) < 4.78 is 0. The average molecular weight is 273 g/mol. The monoisotopic (exact) mass is 273 g/mol. The number of nitrogens with zero attached hydrogens (tertiary/aromatic N) is 1. The van der Waals surface area contributed by atoms with E-state index in [1.54, 1.807) is 6.07 Å². The lowest BCUT2D eigenvalue weighted by molar-refractivity contribution is 0.277. The second-order valence-corrected chi connectivity index (χ2v) is 6.19. The van der Waals surface area contributed by atoms with Crippen LogP contribution in [-0.4, -0.2) is 23.1 Å². The fourth-order valence-electron chi connectivity index (χ4n) is 1.98. The molecule has 0 aromatic heterocycles. The Hall–Kier alpha value is -1.46. The van der Waals surface area contributed by atoms with Crippen molar-refractivity contribution < 1.29 is 5.11 Å². The summed E-state index contributed by atoms with van der Waals surface area (Å²) in [6.45, 7) is 11.5. The van der Waals surface area contributed by atoms with Crippen molar-refractivity contribution in [3.63, 3.8) is 0 Å². The predicted molar refractivity (Wildman–Crippen MR) is 85.5 cm³/mol. The van der Waals surface area contributed by atoms with Gasteiger partial charge in [0.15, 0.2) is 0 Å². The highest BCUT2D eigenvalue weighted by Gasteiger charge is 2.05. The van der Waals surface area contributed by atoms with Crippen LogP contribution in [0.5, 0.6) is 5.75 Å². The second kappa shape index (κ2) is 7.97. The zero-order chi connectivity index (χ0) is 15.0. The van der Waals surface area contributed by atoms with E-state index < -0.39 is 0 Å². The molecule has 1 N–H and O–H groups in total. The van der Waals surface area contributed by atoms with E-state index >= 15 is 0 Å². The number of benzene rings is 1. The molecule has 0 saturated heterocycles. The quantitative estimate of drug-likeness (QED) is 0.624. The second-order valence-electron chi connectivity index (χ2n) is 6.19. The van der Waals surface area contributed by atoms with E-state index in [4.69, 9.17) is 0 Å². The highest BCUT2D eigenvalue weighted by molar-refractivity contribution is 5.26. The van der Waals surface area contributed by atoms with Crippen LogP contribution in [0.15, 0.2) is 24.3 Å². The van der Waals surface area contributed by atoms with Gasteiger partial charge in [0.1, 0.15) is 5.75 Å². The Bertz CT molecular complexity index is 462. The van der Waals surface area contributed by atoms with Gasteiger partial charge in [-0.05, 0) is 58.0 Å². The lowest BCUT2D eigenvalue weighted by atomic mass is 9.98. The third-order valence-electron chi connectivity index (χ3n) is 3.00. The molecular weight excluding hydrogens is 246 g/mol. The Kier molecular flexibility index (Phi) is 6.61. The molecule has 2 nitrogen and oxygen atoms in total. The van der Waals surface area contributed by atoms with Crippen molar-refractivity contribution in [2.75, 3.05) is 13.1 Å². The van der Waals surface area contributed by atoms with Crippen LogP contribution in [0.3, 0.4) is 0 Å². The van der Waals surface area contributed by atoms with Crippen LogP contribution in [0.4, 0.5) is 0 Å². The maximum atomic E-state index is 9.48. The maximum absolute atomic E-state index is 9.48. The highest BCUT2D eigenvalue weighted by atomic mass is 16.3. The van der Waals surface area contributed by atoms with Crippen LogP contribution in [0, 0.1) is 17.3 Å². The van der Waals surface area contributed by atoms with E-state index in [1.807, 2.05) is 12.1 Å². The van der Waals surface area contributed by atoms with Gasteiger partial charge in [-0.25, -0.2) is 0 Å². The summed E-state index contributed by atoms with van der Waals surface area (Å²) in [5.41, 5.74) is 1.26. The molecule has 0 bridgehead atoms. The molecule has 0 radical (unpaired) electrons. The molecule has 0 atom stereocenters. The van der Waals surface area contributed by atoms with E-state index in [1.165, 1.54) is 0 Å². The molecule has 0 spiro atoms. The van der Waals surface area contributed by atoms with Gasteiger partial charge >= 0.3 is 0 Å². The average Bonchev–Trinajstić information content (AvgIpc) is 2.35. The van der Waals surface area contributed by atoms with Crippen LogP contribution < -0.4 is 0 Å². The standard InChI is InChI=1S/C18H27NO/c1-5-19(13-8-6-7-12-18(2,3)4)15-16-10-9-11-17(20)14-16/h9-11,14,20H,5-6,8,13,15H2,1-4H3. The van der Waals surface area contributed by atoms with E-state index in [9.17, 15) is 5.11 Å². The summed E-state index contributed by atoms with van der Waals surface area (Å²) in [6, 6.07) is 7.50. The number of rotatable bonds is 6. The van der Waals surface area contributed by atoms with Crippen molar-refractivity contribution in [1.82, 2.24) is 4.90 Å². The molecule has 0 unspecified atom stereocenters. The molecule has 1 rings (SSSR count). The summed E-state index contributed by atoms with van der Waals surface area (Å²) in [5.74, 6) is 6.87. The minimum atomic E-state index is 0.103. The Morgan fingerprint density at radius 2 is 2.00 bits per heavy atom. The van der Waals surface area contributed by atoms with Gasteiger partial charge in [-0.1, -0.05) is 25.0 Å². The van der Waals surface area contributed by atoms with Gasteiger partial charge in [-0.3, -0.25) is 4.90 Å². The molecule has 0 aliphatic heterocycles. The molecule has 0 saturated carbocycles. The fraction of sp³-hybridized carbons (Fsp3) is 0.556. The summed E-state index contributed by atoms with van der Waals surface area (Å²) in [4.78, 5) is 2.38. The molecule has 0 aliphatic rings.